The molecule has 0 bridgehead atoms. The SMILES string of the molecule is CS/C(N)=N/c1nc(-c2ccc(Cl)cc2)cs1. The van der Waals surface area contributed by atoms with E-state index in [0.717, 1.165) is 11.3 Å². The first kappa shape index (κ1) is 12.4. The van der Waals surface area contributed by atoms with Crippen LogP contribution in [0.4, 0.5) is 5.13 Å². The molecule has 0 aliphatic carbocycles. The lowest BCUT2D eigenvalue weighted by atomic mass is 10.2. The summed E-state index contributed by atoms with van der Waals surface area (Å²) < 4.78 is 0. The van der Waals surface area contributed by atoms with Crippen molar-refractivity contribution in [1.82, 2.24) is 4.98 Å². The lowest BCUT2D eigenvalue weighted by Gasteiger charge is -1.95. The van der Waals surface area contributed by atoms with E-state index in [1.165, 1.54) is 23.1 Å². The minimum atomic E-state index is 0.516. The van der Waals surface area contributed by atoms with Gasteiger partial charge in [-0.25, -0.2) is 4.98 Å². The number of aromatic nitrogens is 1. The number of nitrogens with zero attached hydrogens (tertiary/aromatic N) is 2. The quantitative estimate of drug-likeness (QED) is 0.674. The van der Waals surface area contributed by atoms with Gasteiger partial charge in [-0.2, -0.15) is 4.99 Å². The summed E-state index contributed by atoms with van der Waals surface area (Å²) in [6, 6.07) is 7.55. The summed E-state index contributed by atoms with van der Waals surface area (Å²) in [5, 5.41) is 3.85. The van der Waals surface area contributed by atoms with Crippen molar-refractivity contribution < 1.29 is 0 Å². The van der Waals surface area contributed by atoms with Gasteiger partial charge < -0.3 is 5.73 Å². The maximum atomic E-state index is 5.83. The van der Waals surface area contributed by atoms with Gasteiger partial charge in [0, 0.05) is 16.0 Å². The number of benzene rings is 1. The van der Waals surface area contributed by atoms with Crippen molar-refractivity contribution in [1.29, 1.82) is 0 Å². The van der Waals surface area contributed by atoms with Crippen molar-refractivity contribution in [2.45, 2.75) is 0 Å². The molecule has 0 radical (unpaired) electrons. The topological polar surface area (TPSA) is 51.3 Å². The molecule has 0 spiro atoms. The average Bonchev–Trinajstić information content (AvgIpc) is 2.78. The largest absolute Gasteiger partial charge is 0.378 e. The van der Waals surface area contributed by atoms with E-state index in [2.05, 4.69) is 9.98 Å². The second-order valence-corrected chi connectivity index (χ2v) is 5.28. The van der Waals surface area contributed by atoms with Crippen LogP contribution in [0.2, 0.25) is 5.02 Å². The van der Waals surface area contributed by atoms with Crippen molar-refractivity contribution in [2.24, 2.45) is 10.7 Å². The van der Waals surface area contributed by atoms with E-state index in [4.69, 9.17) is 17.3 Å². The van der Waals surface area contributed by atoms with E-state index in [1.54, 1.807) is 0 Å². The Morgan fingerprint density at radius 3 is 2.76 bits per heavy atom. The summed E-state index contributed by atoms with van der Waals surface area (Å²) in [6.07, 6.45) is 1.88. The van der Waals surface area contributed by atoms with Gasteiger partial charge >= 0.3 is 0 Å². The molecule has 6 heteroatoms. The summed E-state index contributed by atoms with van der Waals surface area (Å²) in [4.78, 5) is 8.57. The van der Waals surface area contributed by atoms with Crippen LogP contribution in [0.3, 0.4) is 0 Å². The summed E-state index contributed by atoms with van der Waals surface area (Å²) in [5.74, 6) is 0. The molecule has 0 unspecified atom stereocenters. The molecule has 0 fully saturated rings. The van der Waals surface area contributed by atoms with Crippen molar-refractivity contribution in [3.8, 4) is 11.3 Å². The Labute approximate surface area is 113 Å². The Bertz CT molecular complexity index is 534. The fourth-order valence-corrected chi connectivity index (χ4v) is 2.28. The third kappa shape index (κ3) is 3.21. The molecule has 0 aliphatic heterocycles. The van der Waals surface area contributed by atoms with Crippen LogP contribution in [0.1, 0.15) is 0 Å². The molecule has 1 heterocycles. The Morgan fingerprint density at radius 2 is 2.12 bits per heavy atom. The maximum Gasteiger partial charge on any atom is 0.212 e. The van der Waals surface area contributed by atoms with Gasteiger partial charge in [0.15, 0.2) is 5.17 Å². The molecule has 0 aliphatic rings. The van der Waals surface area contributed by atoms with Crippen LogP contribution < -0.4 is 5.73 Å². The van der Waals surface area contributed by atoms with Gasteiger partial charge in [-0.05, 0) is 18.4 Å². The molecular weight excluding hydrogens is 274 g/mol. The van der Waals surface area contributed by atoms with E-state index < -0.39 is 0 Å². The van der Waals surface area contributed by atoms with Gasteiger partial charge in [0.25, 0.3) is 0 Å². The van der Waals surface area contributed by atoms with Crippen LogP contribution in [-0.2, 0) is 0 Å². The second-order valence-electron chi connectivity index (χ2n) is 3.18. The molecule has 0 atom stereocenters. The van der Waals surface area contributed by atoms with Crippen molar-refractivity contribution in [3.05, 3.63) is 34.7 Å². The minimum Gasteiger partial charge on any atom is -0.378 e. The molecule has 1 aromatic heterocycles. The van der Waals surface area contributed by atoms with Crippen LogP contribution in [-0.4, -0.2) is 16.4 Å². The fourth-order valence-electron chi connectivity index (χ4n) is 1.21. The first-order valence-corrected chi connectivity index (χ1v) is 7.27. The van der Waals surface area contributed by atoms with Crippen LogP contribution in [0.25, 0.3) is 11.3 Å². The highest BCUT2D eigenvalue weighted by Gasteiger charge is 2.04. The van der Waals surface area contributed by atoms with Crippen LogP contribution in [0.15, 0.2) is 34.6 Å². The molecule has 0 saturated heterocycles. The number of aliphatic imine (C=N–C) groups is 1. The molecular formula is C11H10ClN3S2. The smallest absolute Gasteiger partial charge is 0.212 e. The van der Waals surface area contributed by atoms with Crippen LogP contribution >= 0.6 is 34.7 Å². The molecule has 2 aromatic rings. The Morgan fingerprint density at radius 1 is 1.41 bits per heavy atom. The monoisotopic (exact) mass is 283 g/mol. The molecule has 17 heavy (non-hydrogen) atoms. The van der Waals surface area contributed by atoms with Gasteiger partial charge in [-0.15, -0.1) is 11.3 Å². The molecule has 3 nitrogen and oxygen atoms in total. The predicted octanol–water partition coefficient (Wildman–Crippen LogP) is 3.77. The standard InChI is InChI=1S/C11H10ClN3S2/c1-16-10(13)15-11-14-9(6-17-11)7-2-4-8(12)5-3-7/h2-6H,1H3,(H2,13,14,15). The number of hydrogen-bond acceptors (Lipinski definition) is 4. The molecule has 2 N–H and O–H groups in total. The first-order chi connectivity index (χ1) is 8.19. The van der Waals surface area contributed by atoms with E-state index >= 15 is 0 Å². The number of nitrogens with two attached hydrogens (primary N) is 1. The van der Waals surface area contributed by atoms with Gasteiger partial charge in [0.05, 0.1) is 5.69 Å². The highest BCUT2D eigenvalue weighted by molar-refractivity contribution is 8.13. The normalized spacial score (nSPS) is 11.8. The summed E-state index contributed by atoms with van der Waals surface area (Å²) >= 11 is 8.70. The predicted molar refractivity (Wildman–Crippen MR) is 77.4 cm³/mol. The van der Waals surface area contributed by atoms with Gasteiger partial charge in [-0.3, -0.25) is 0 Å². The Kier molecular flexibility index (Phi) is 4.04. The van der Waals surface area contributed by atoms with E-state index in [-0.39, 0.29) is 0 Å². The Hall–Kier alpha value is -1.04. The number of thiazole rings is 1. The van der Waals surface area contributed by atoms with Gasteiger partial charge in [-0.1, -0.05) is 35.5 Å². The third-order valence-electron chi connectivity index (χ3n) is 2.05. The molecule has 2 rings (SSSR count). The molecule has 88 valence electrons. The zero-order chi connectivity index (χ0) is 12.3. The highest BCUT2D eigenvalue weighted by atomic mass is 35.5. The Balaban J connectivity index is 2.27. The number of thioether (sulfide) groups is 1. The summed E-state index contributed by atoms with van der Waals surface area (Å²) in [7, 11) is 0. The van der Waals surface area contributed by atoms with Crippen LogP contribution in [0, 0.1) is 0 Å². The van der Waals surface area contributed by atoms with E-state index in [0.29, 0.717) is 15.3 Å². The lowest BCUT2D eigenvalue weighted by Crippen LogP contribution is -2.03. The number of halogens is 1. The number of rotatable bonds is 2. The van der Waals surface area contributed by atoms with Crippen molar-refractivity contribution >= 4 is 45.0 Å². The molecule has 1 aromatic carbocycles. The third-order valence-corrected chi connectivity index (χ3v) is 3.54. The van der Waals surface area contributed by atoms with Gasteiger partial charge in [0.1, 0.15) is 0 Å². The van der Waals surface area contributed by atoms with Crippen LogP contribution in [0.5, 0.6) is 0 Å². The first-order valence-electron chi connectivity index (χ1n) is 4.78. The van der Waals surface area contributed by atoms with E-state index in [1.807, 2.05) is 35.9 Å². The van der Waals surface area contributed by atoms with Crippen molar-refractivity contribution in [3.63, 3.8) is 0 Å². The minimum absolute atomic E-state index is 0.516. The average molecular weight is 284 g/mol. The highest BCUT2D eigenvalue weighted by Crippen LogP contribution is 2.27. The number of amidine groups is 1. The fraction of sp³-hybridized carbons (Fsp3) is 0.0909. The van der Waals surface area contributed by atoms with E-state index in [9.17, 15) is 0 Å². The lowest BCUT2D eigenvalue weighted by molar-refractivity contribution is 1.35. The van der Waals surface area contributed by atoms with Crippen molar-refractivity contribution in [2.75, 3.05) is 6.26 Å². The molecule has 0 amide bonds. The maximum absolute atomic E-state index is 5.83. The summed E-state index contributed by atoms with van der Waals surface area (Å²) in [6.45, 7) is 0. The second kappa shape index (κ2) is 5.53. The zero-order valence-corrected chi connectivity index (χ0v) is 11.4. The number of hydrogen-bond donors (Lipinski definition) is 1. The summed E-state index contributed by atoms with van der Waals surface area (Å²) in [5.41, 5.74) is 7.55. The van der Waals surface area contributed by atoms with Gasteiger partial charge in [0.2, 0.25) is 5.13 Å². The molecule has 0 saturated carbocycles. The zero-order valence-electron chi connectivity index (χ0n) is 9.05.